The van der Waals surface area contributed by atoms with Crippen LogP contribution in [0.5, 0.6) is 0 Å². The molecule has 0 aliphatic carbocycles. The van der Waals surface area contributed by atoms with Crippen LogP contribution >= 0.6 is 0 Å². The molecule has 2 rings (SSSR count). The molecule has 5 nitrogen and oxygen atoms in total. The Morgan fingerprint density at radius 2 is 2.26 bits per heavy atom. The molecule has 23 heavy (non-hydrogen) atoms. The fourth-order valence-electron chi connectivity index (χ4n) is 2.69. The van der Waals surface area contributed by atoms with Crippen molar-refractivity contribution < 1.29 is 14.0 Å². The normalized spacial score (nSPS) is 18.4. The quantitative estimate of drug-likeness (QED) is 0.833. The molecule has 1 aliphatic rings. The van der Waals surface area contributed by atoms with Crippen molar-refractivity contribution in [1.29, 1.82) is 0 Å². The summed E-state index contributed by atoms with van der Waals surface area (Å²) in [5, 5.41) is 5.61. The topological polar surface area (TPSA) is 61.4 Å². The van der Waals surface area contributed by atoms with Crippen LogP contribution in [0, 0.1) is 5.82 Å². The number of nitrogens with one attached hydrogen (secondary N) is 2. The fraction of sp³-hybridized carbons (Fsp3) is 0.529. The third-order valence-electron chi connectivity index (χ3n) is 3.98. The van der Waals surface area contributed by atoms with Crippen molar-refractivity contribution in [2.24, 2.45) is 0 Å². The minimum absolute atomic E-state index is 0.107. The Kier molecular flexibility index (Phi) is 6.52. The van der Waals surface area contributed by atoms with Crippen molar-refractivity contribution in [3.63, 3.8) is 0 Å². The average Bonchev–Trinajstić information content (AvgIpc) is 2.71. The molecule has 0 spiro atoms. The Hall–Kier alpha value is -1.95. The summed E-state index contributed by atoms with van der Waals surface area (Å²) in [5.41, 5.74) is 0.826. The van der Waals surface area contributed by atoms with Crippen molar-refractivity contribution in [1.82, 2.24) is 15.5 Å². The van der Waals surface area contributed by atoms with E-state index in [1.54, 1.807) is 6.07 Å². The molecule has 1 saturated heterocycles. The van der Waals surface area contributed by atoms with Gasteiger partial charge in [0.15, 0.2) is 0 Å². The maximum atomic E-state index is 13.2. The Bertz CT molecular complexity index is 550. The zero-order chi connectivity index (χ0) is 16.7. The first-order chi connectivity index (χ1) is 11.1. The van der Waals surface area contributed by atoms with E-state index < -0.39 is 6.04 Å². The number of halogens is 1. The van der Waals surface area contributed by atoms with Crippen LogP contribution in [0.25, 0.3) is 0 Å². The van der Waals surface area contributed by atoms with Crippen molar-refractivity contribution in [3.05, 3.63) is 35.6 Å². The summed E-state index contributed by atoms with van der Waals surface area (Å²) in [6.07, 6.45) is 2.54. The third-order valence-corrected chi connectivity index (χ3v) is 3.98. The van der Waals surface area contributed by atoms with Crippen LogP contribution in [-0.4, -0.2) is 42.4 Å². The van der Waals surface area contributed by atoms with Crippen LogP contribution < -0.4 is 10.6 Å². The molecule has 2 amide bonds. The second-order valence-corrected chi connectivity index (χ2v) is 5.84. The van der Waals surface area contributed by atoms with E-state index in [9.17, 15) is 14.0 Å². The standard InChI is InChI=1S/C17H24FN3O2/c1-2-21(11-13-6-5-7-14(18)10-13)12-16(22)20-15-8-3-4-9-19-17(15)23/h5-7,10,15H,2-4,8-9,11-12H2,1H3,(H,19,23)(H,20,22)/t15-/m0/s1. The molecular formula is C17H24FN3O2. The van der Waals surface area contributed by atoms with E-state index in [1.807, 2.05) is 17.9 Å². The summed E-state index contributed by atoms with van der Waals surface area (Å²) in [6.45, 7) is 3.98. The van der Waals surface area contributed by atoms with E-state index in [0.29, 0.717) is 26.1 Å². The van der Waals surface area contributed by atoms with Crippen LogP contribution in [-0.2, 0) is 16.1 Å². The number of likely N-dealkylation sites (N-methyl/N-ethyl adjacent to an activating group) is 1. The highest BCUT2D eigenvalue weighted by atomic mass is 19.1. The van der Waals surface area contributed by atoms with Gasteiger partial charge in [0.2, 0.25) is 11.8 Å². The molecule has 1 atom stereocenters. The Morgan fingerprint density at radius 1 is 1.43 bits per heavy atom. The largest absolute Gasteiger partial charge is 0.354 e. The molecular weight excluding hydrogens is 297 g/mol. The van der Waals surface area contributed by atoms with Crippen LogP contribution in [0.1, 0.15) is 31.7 Å². The summed E-state index contributed by atoms with van der Waals surface area (Å²) >= 11 is 0. The molecule has 0 unspecified atom stereocenters. The van der Waals surface area contributed by atoms with Gasteiger partial charge in [-0.2, -0.15) is 0 Å². The van der Waals surface area contributed by atoms with Crippen LogP contribution in [0.4, 0.5) is 4.39 Å². The lowest BCUT2D eigenvalue weighted by atomic mass is 10.1. The lowest BCUT2D eigenvalue weighted by molar-refractivity contribution is -0.129. The van der Waals surface area contributed by atoms with E-state index >= 15 is 0 Å². The second kappa shape index (κ2) is 8.62. The molecule has 1 heterocycles. The molecule has 1 aromatic carbocycles. The van der Waals surface area contributed by atoms with Crippen LogP contribution in [0.3, 0.4) is 0 Å². The lowest BCUT2D eigenvalue weighted by Gasteiger charge is -2.22. The lowest BCUT2D eigenvalue weighted by Crippen LogP contribution is -2.48. The van der Waals surface area contributed by atoms with Gasteiger partial charge in [-0.25, -0.2) is 4.39 Å². The summed E-state index contributed by atoms with van der Waals surface area (Å²) < 4.78 is 13.2. The predicted molar refractivity (Wildman–Crippen MR) is 86.1 cm³/mol. The van der Waals surface area contributed by atoms with Crippen molar-refractivity contribution in [3.8, 4) is 0 Å². The Labute approximate surface area is 136 Å². The minimum Gasteiger partial charge on any atom is -0.354 e. The van der Waals surface area contributed by atoms with Gasteiger partial charge in [0.05, 0.1) is 6.54 Å². The molecule has 0 aromatic heterocycles. The average molecular weight is 321 g/mol. The van der Waals surface area contributed by atoms with Gasteiger partial charge < -0.3 is 10.6 Å². The first-order valence-electron chi connectivity index (χ1n) is 8.12. The number of hydrogen-bond acceptors (Lipinski definition) is 3. The van der Waals surface area contributed by atoms with E-state index in [0.717, 1.165) is 18.4 Å². The highest BCUT2D eigenvalue weighted by Gasteiger charge is 2.23. The number of amides is 2. The van der Waals surface area contributed by atoms with Gasteiger partial charge in [0.1, 0.15) is 11.9 Å². The number of benzene rings is 1. The van der Waals surface area contributed by atoms with Crippen molar-refractivity contribution >= 4 is 11.8 Å². The first kappa shape index (κ1) is 17.4. The molecule has 2 N–H and O–H groups in total. The van der Waals surface area contributed by atoms with Crippen LogP contribution in [0.15, 0.2) is 24.3 Å². The summed E-state index contributed by atoms with van der Waals surface area (Å²) in [4.78, 5) is 26.0. The van der Waals surface area contributed by atoms with E-state index in [1.165, 1.54) is 12.1 Å². The second-order valence-electron chi connectivity index (χ2n) is 5.84. The zero-order valence-corrected chi connectivity index (χ0v) is 13.5. The molecule has 0 radical (unpaired) electrons. The summed E-state index contributed by atoms with van der Waals surface area (Å²) in [6, 6.07) is 5.92. The van der Waals surface area contributed by atoms with E-state index in [4.69, 9.17) is 0 Å². The first-order valence-corrected chi connectivity index (χ1v) is 8.12. The van der Waals surface area contributed by atoms with Gasteiger partial charge in [-0.1, -0.05) is 19.1 Å². The molecule has 1 aliphatic heterocycles. The molecule has 6 heteroatoms. The third kappa shape index (κ3) is 5.63. The Morgan fingerprint density at radius 3 is 3.00 bits per heavy atom. The molecule has 1 fully saturated rings. The number of rotatable bonds is 6. The van der Waals surface area contributed by atoms with Gasteiger partial charge in [-0.05, 0) is 43.5 Å². The number of carbonyl (C=O) groups is 2. The highest BCUT2D eigenvalue weighted by Crippen LogP contribution is 2.08. The van der Waals surface area contributed by atoms with Gasteiger partial charge >= 0.3 is 0 Å². The maximum Gasteiger partial charge on any atom is 0.242 e. The van der Waals surface area contributed by atoms with Gasteiger partial charge in [0.25, 0.3) is 0 Å². The number of hydrogen-bond donors (Lipinski definition) is 2. The zero-order valence-electron chi connectivity index (χ0n) is 13.5. The van der Waals surface area contributed by atoms with Crippen molar-refractivity contribution in [2.75, 3.05) is 19.6 Å². The van der Waals surface area contributed by atoms with Crippen LogP contribution in [0.2, 0.25) is 0 Å². The number of carbonyl (C=O) groups excluding carboxylic acids is 2. The Balaban J connectivity index is 1.87. The summed E-state index contributed by atoms with van der Waals surface area (Å²) in [5.74, 6) is -0.563. The SMILES string of the molecule is CCN(CC(=O)N[C@H]1CCCCNC1=O)Cc1cccc(F)c1. The minimum atomic E-state index is -0.446. The monoisotopic (exact) mass is 321 g/mol. The van der Waals surface area contributed by atoms with Gasteiger partial charge in [-0.15, -0.1) is 0 Å². The highest BCUT2D eigenvalue weighted by molar-refractivity contribution is 5.88. The van der Waals surface area contributed by atoms with E-state index in [-0.39, 0.29) is 24.2 Å². The summed E-state index contributed by atoms with van der Waals surface area (Å²) in [7, 11) is 0. The molecule has 126 valence electrons. The molecule has 1 aromatic rings. The fourth-order valence-corrected chi connectivity index (χ4v) is 2.69. The van der Waals surface area contributed by atoms with Crippen molar-refractivity contribution in [2.45, 2.75) is 38.8 Å². The number of nitrogens with zero attached hydrogens (tertiary/aromatic N) is 1. The van der Waals surface area contributed by atoms with Gasteiger partial charge in [0, 0.05) is 13.1 Å². The van der Waals surface area contributed by atoms with E-state index in [2.05, 4.69) is 10.6 Å². The predicted octanol–water partition coefficient (Wildman–Crippen LogP) is 1.43. The maximum absolute atomic E-state index is 13.2. The smallest absolute Gasteiger partial charge is 0.242 e. The van der Waals surface area contributed by atoms with Gasteiger partial charge in [-0.3, -0.25) is 14.5 Å². The molecule has 0 saturated carbocycles. The molecule has 0 bridgehead atoms.